The van der Waals surface area contributed by atoms with Crippen molar-refractivity contribution in [1.29, 1.82) is 0 Å². The second-order valence-corrected chi connectivity index (χ2v) is 10.3. The monoisotopic (exact) mass is 511 g/mol. The molecule has 2 aromatic rings. The van der Waals surface area contributed by atoms with Gasteiger partial charge in [0, 0.05) is 49.4 Å². The molecule has 1 aromatic carbocycles. The van der Waals surface area contributed by atoms with Crippen LogP contribution in [0.3, 0.4) is 0 Å². The molecule has 182 valence electrons. The average molecular weight is 512 g/mol. The molecule has 0 spiro atoms. The number of nitrogens with zero attached hydrogens (tertiary/aromatic N) is 5. The van der Waals surface area contributed by atoms with Gasteiger partial charge in [0.1, 0.15) is 11.8 Å². The van der Waals surface area contributed by atoms with E-state index in [-0.39, 0.29) is 36.4 Å². The van der Waals surface area contributed by atoms with Crippen LogP contribution in [0, 0.1) is 10.1 Å². The number of carbonyl (C=O) groups is 2. The first-order valence-corrected chi connectivity index (χ1v) is 12.7. The number of ether oxygens (including phenoxy) is 1. The summed E-state index contributed by atoms with van der Waals surface area (Å²) in [5.41, 5.74) is 0.578. The smallest absolute Gasteiger partial charge is 0.414 e. The van der Waals surface area contributed by atoms with Gasteiger partial charge in [0.05, 0.1) is 24.3 Å². The van der Waals surface area contributed by atoms with Crippen LogP contribution >= 0.6 is 11.3 Å². The van der Waals surface area contributed by atoms with Gasteiger partial charge in [-0.25, -0.2) is 9.78 Å². The minimum absolute atomic E-state index is 0.102. The Hall–Kier alpha value is -3.30. The molecular weight excluding hydrogens is 490 g/mol. The maximum absolute atomic E-state index is 12.8. The predicted molar refractivity (Wildman–Crippen MR) is 122 cm³/mol. The van der Waals surface area contributed by atoms with Crippen LogP contribution in [-0.4, -0.2) is 86.9 Å². The Morgan fingerprint density at radius 2 is 1.85 bits per heavy atom. The van der Waals surface area contributed by atoms with E-state index < -0.39 is 27.2 Å². The summed E-state index contributed by atoms with van der Waals surface area (Å²) in [5, 5.41) is 13.1. The number of hydrogen-bond donors (Lipinski definition) is 0. The molecule has 2 aliphatic rings. The normalized spacial score (nSPS) is 16.5. The summed E-state index contributed by atoms with van der Waals surface area (Å²) in [5.74, 6) is -0.295. The van der Waals surface area contributed by atoms with E-state index in [4.69, 9.17) is 8.92 Å². The molecule has 0 aliphatic carbocycles. The lowest BCUT2D eigenvalue weighted by Crippen LogP contribution is -2.62. The molecule has 0 N–H and O–H groups in total. The largest absolute Gasteiger partial charge is 0.452 e. The van der Waals surface area contributed by atoms with Crippen molar-refractivity contribution >= 4 is 50.0 Å². The van der Waals surface area contributed by atoms with Crippen LogP contribution in [0.15, 0.2) is 29.6 Å². The quantitative estimate of drug-likeness (QED) is 0.302. The summed E-state index contributed by atoms with van der Waals surface area (Å²) in [4.78, 5) is 44.6. The van der Waals surface area contributed by atoms with Gasteiger partial charge in [0.25, 0.3) is 21.7 Å². The minimum Gasteiger partial charge on any atom is -0.452 e. The van der Waals surface area contributed by atoms with E-state index in [1.807, 2.05) is 4.90 Å². The second-order valence-electron chi connectivity index (χ2n) is 7.82. The Morgan fingerprint density at radius 3 is 2.41 bits per heavy atom. The van der Waals surface area contributed by atoms with Crippen molar-refractivity contribution in [2.45, 2.75) is 12.1 Å². The fourth-order valence-corrected chi connectivity index (χ4v) is 5.09. The van der Waals surface area contributed by atoms with Crippen molar-refractivity contribution in [2.24, 2.45) is 0 Å². The number of anilines is 2. The minimum atomic E-state index is -3.52. The Balaban J connectivity index is 1.36. The van der Waals surface area contributed by atoms with Gasteiger partial charge < -0.3 is 14.5 Å². The Bertz CT molecular complexity index is 1200. The fourth-order valence-electron chi connectivity index (χ4n) is 3.66. The van der Waals surface area contributed by atoms with E-state index >= 15 is 0 Å². The number of hydrogen-bond acceptors (Lipinski definition) is 11. The third-order valence-electron chi connectivity index (χ3n) is 5.37. The molecule has 0 atom stereocenters. The van der Waals surface area contributed by atoms with Crippen LogP contribution in [0.5, 0.6) is 0 Å². The van der Waals surface area contributed by atoms with Crippen LogP contribution in [-0.2, 0) is 19.0 Å². The number of carbonyl (C=O) groups excluding carboxylic acids is 2. The zero-order valence-electron chi connectivity index (χ0n) is 18.2. The summed E-state index contributed by atoms with van der Waals surface area (Å²) >= 11 is 1.27. The number of aromatic nitrogens is 1. The molecule has 2 aliphatic heterocycles. The molecule has 34 heavy (non-hydrogen) atoms. The van der Waals surface area contributed by atoms with Crippen molar-refractivity contribution < 1.29 is 31.9 Å². The van der Waals surface area contributed by atoms with E-state index in [0.29, 0.717) is 23.9 Å². The molecule has 2 saturated heterocycles. The third-order valence-corrected chi connectivity index (χ3v) is 6.89. The van der Waals surface area contributed by atoms with Gasteiger partial charge in [-0.2, -0.15) is 8.42 Å². The van der Waals surface area contributed by atoms with Gasteiger partial charge in [0.15, 0.2) is 5.13 Å². The van der Waals surface area contributed by atoms with Gasteiger partial charge in [-0.05, 0) is 12.1 Å². The Labute approximate surface area is 198 Å². The summed E-state index contributed by atoms with van der Waals surface area (Å²) in [6.45, 7) is 1.21. The summed E-state index contributed by atoms with van der Waals surface area (Å²) in [6.07, 6.45) is -0.0671. The standard InChI is InChI=1S/C19H21N5O8S2/c1-31-19(26)23(12-3-5-13(6-4-12)24(27)28)14-7-21(8-14)17(25)16-11-33-18(20-16)22-9-15(10-22)32-34(2,29)30/h3-6,11,14-15H,7-10H2,1-2H3. The molecule has 4 rings (SSSR count). The highest BCUT2D eigenvalue weighted by Gasteiger charge is 2.40. The lowest BCUT2D eigenvalue weighted by Gasteiger charge is -2.44. The first kappa shape index (κ1) is 23.8. The third kappa shape index (κ3) is 4.95. The molecule has 15 heteroatoms. The van der Waals surface area contributed by atoms with E-state index in [2.05, 4.69) is 4.98 Å². The molecular formula is C19H21N5O8S2. The van der Waals surface area contributed by atoms with Gasteiger partial charge in [-0.3, -0.25) is 24.0 Å². The molecule has 13 nitrogen and oxygen atoms in total. The molecule has 0 unspecified atom stereocenters. The van der Waals surface area contributed by atoms with Crippen LogP contribution in [0.25, 0.3) is 0 Å². The number of methoxy groups -OCH3 is 1. The summed E-state index contributed by atoms with van der Waals surface area (Å²) in [7, 11) is -2.29. The Kier molecular flexibility index (Phi) is 6.42. The SMILES string of the molecule is COC(=O)N(c1ccc([N+](=O)[O-])cc1)C1CN(C(=O)c2csc(N3CC(OS(C)(=O)=O)C3)n2)C1. The van der Waals surface area contributed by atoms with E-state index in [1.165, 1.54) is 52.5 Å². The van der Waals surface area contributed by atoms with Crippen LogP contribution in [0.4, 0.5) is 21.3 Å². The number of nitro groups is 1. The number of nitro benzene ring substituents is 1. The molecule has 2 amide bonds. The van der Waals surface area contributed by atoms with E-state index in [9.17, 15) is 28.1 Å². The van der Waals surface area contributed by atoms with Crippen LogP contribution < -0.4 is 9.80 Å². The average Bonchev–Trinajstić information content (AvgIpc) is 3.20. The number of amides is 2. The van der Waals surface area contributed by atoms with E-state index in [0.717, 1.165) is 6.26 Å². The first-order valence-electron chi connectivity index (χ1n) is 10.1. The zero-order chi connectivity index (χ0) is 24.6. The van der Waals surface area contributed by atoms with Crippen LogP contribution in [0.1, 0.15) is 10.5 Å². The number of rotatable bonds is 7. The first-order chi connectivity index (χ1) is 16.1. The second kappa shape index (κ2) is 9.15. The molecule has 0 saturated carbocycles. The molecule has 1 aromatic heterocycles. The highest BCUT2D eigenvalue weighted by molar-refractivity contribution is 7.86. The molecule has 3 heterocycles. The zero-order valence-corrected chi connectivity index (χ0v) is 19.8. The number of likely N-dealkylation sites (tertiary alicyclic amines) is 1. The topological polar surface area (TPSA) is 152 Å². The van der Waals surface area contributed by atoms with Crippen molar-refractivity contribution in [3.8, 4) is 0 Å². The molecule has 0 radical (unpaired) electrons. The predicted octanol–water partition coefficient (Wildman–Crippen LogP) is 1.31. The number of benzene rings is 1. The van der Waals surface area contributed by atoms with Crippen molar-refractivity contribution in [3.63, 3.8) is 0 Å². The molecule has 0 bridgehead atoms. The van der Waals surface area contributed by atoms with Crippen molar-refractivity contribution in [3.05, 3.63) is 45.5 Å². The number of thiazole rings is 1. The lowest BCUT2D eigenvalue weighted by atomic mass is 10.1. The van der Waals surface area contributed by atoms with Gasteiger partial charge in [0.2, 0.25) is 0 Å². The summed E-state index contributed by atoms with van der Waals surface area (Å²) < 4.78 is 32.2. The van der Waals surface area contributed by atoms with Gasteiger partial charge >= 0.3 is 6.09 Å². The highest BCUT2D eigenvalue weighted by Crippen LogP contribution is 2.30. The fraction of sp³-hybridized carbons (Fsp3) is 0.421. The number of non-ortho nitro benzene ring substituents is 1. The van der Waals surface area contributed by atoms with Crippen LogP contribution in [0.2, 0.25) is 0 Å². The van der Waals surface area contributed by atoms with Gasteiger partial charge in [-0.15, -0.1) is 11.3 Å². The van der Waals surface area contributed by atoms with Gasteiger partial charge in [-0.1, -0.05) is 0 Å². The van der Waals surface area contributed by atoms with E-state index in [1.54, 1.807) is 5.38 Å². The summed E-state index contributed by atoms with van der Waals surface area (Å²) in [6, 6.07) is 5.15. The lowest BCUT2D eigenvalue weighted by molar-refractivity contribution is -0.384. The van der Waals surface area contributed by atoms with Crippen molar-refractivity contribution in [2.75, 3.05) is 49.3 Å². The highest BCUT2D eigenvalue weighted by atomic mass is 32.2. The maximum atomic E-state index is 12.8. The van der Waals surface area contributed by atoms with Crippen molar-refractivity contribution in [1.82, 2.24) is 9.88 Å². The molecule has 2 fully saturated rings. The Morgan fingerprint density at radius 1 is 1.21 bits per heavy atom. The maximum Gasteiger partial charge on any atom is 0.414 e.